The molecule has 0 saturated carbocycles. The second-order valence-corrected chi connectivity index (χ2v) is 6.30. The Kier molecular flexibility index (Phi) is 5.85. The summed E-state index contributed by atoms with van der Waals surface area (Å²) in [5, 5.41) is 10.9. The summed E-state index contributed by atoms with van der Waals surface area (Å²) in [5.74, 6) is 1.09. The van der Waals surface area contributed by atoms with Crippen LogP contribution in [0.2, 0.25) is 0 Å². The number of hydrogen-bond acceptors (Lipinski definition) is 6. The number of rotatable bonds is 7. The van der Waals surface area contributed by atoms with Crippen molar-refractivity contribution in [2.75, 3.05) is 5.32 Å². The number of aromatic nitrogens is 2. The molecule has 1 N–H and O–H groups in total. The smallest absolute Gasteiger partial charge is 0.277 e. The van der Waals surface area contributed by atoms with E-state index in [0.717, 1.165) is 5.56 Å². The molecule has 0 spiro atoms. The average molecular weight is 373 g/mol. The Balaban J connectivity index is 1.49. The van der Waals surface area contributed by atoms with E-state index < -0.39 is 0 Å². The molecule has 2 aromatic carbocycles. The van der Waals surface area contributed by atoms with Gasteiger partial charge in [-0.3, -0.25) is 4.79 Å². The highest BCUT2D eigenvalue weighted by Gasteiger charge is 2.08. The van der Waals surface area contributed by atoms with Gasteiger partial charge in [0.15, 0.2) is 6.61 Å². The predicted molar refractivity (Wildman–Crippen MR) is 95.3 cm³/mol. The van der Waals surface area contributed by atoms with Gasteiger partial charge in [0.1, 0.15) is 11.6 Å². The summed E-state index contributed by atoms with van der Waals surface area (Å²) in [5.41, 5.74) is 1.53. The summed E-state index contributed by atoms with van der Waals surface area (Å²) in [7, 11) is 0. The third-order valence-corrected chi connectivity index (χ3v) is 4.13. The number of halogens is 1. The Morgan fingerprint density at radius 2 is 2.04 bits per heavy atom. The van der Waals surface area contributed by atoms with Crippen molar-refractivity contribution < 1.29 is 18.3 Å². The molecule has 1 amide bonds. The van der Waals surface area contributed by atoms with Crippen molar-refractivity contribution in [2.24, 2.45) is 0 Å². The highest BCUT2D eigenvalue weighted by Crippen LogP contribution is 2.22. The van der Waals surface area contributed by atoms with Gasteiger partial charge in [-0.15, -0.1) is 10.2 Å². The minimum Gasteiger partial charge on any atom is -0.484 e. The van der Waals surface area contributed by atoms with Gasteiger partial charge in [0.25, 0.3) is 11.1 Å². The molecule has 0 fully saturated rings. The summed E-state index contributed by atoms with van der Waals surface area (Å²) < 4.78 is 24.2. The fourth-order valence-corrected chi connectivity index (χ4v) is 2.83. The summed E-state index contributed by atoms with van der Waals surface area (Å²) >= 11 is 1.33. The monoisotopic (exact) mass is 373 g/mol. The van der Waals surface area contributed by atoms with E-state index in [4.69, 9.17) is 9.15 Å². The first kappa shape index (κ1) is 17.9. The Morgan fingerprint density at radius 1 is 1.23 bits per heavy atom. The Labute approximate surface area is 153 Å². The lowest BCUT2D eigenvalue weighted by Crippen LogP contribution is -2.05. The maximum atomic E-state index is 13.1. The lowest BCUT2D eigenvalue weighted by Gasteiger charge is -2.05. The SMILES string of the molecule is CC(=O)Nc1ccc(OCc2nnc(SCc3cccc(F)c3)o2)cc1. The van der Waals surface area contributed by atoms with E-state index in [1.54, 1.807) is 30.3 Å². The number of carbonyl (C=O) groups is 1. The van der Waals surface area contributed by atoms with Crippen LogP contribution >= 0.6 is 11.8 Å². The van der Waals surface area contributed by atoms with Crippen molar-refractivity contribution in [1.29, 1.82) is 0 Å². The Bertz CT molecular complexity index is 883. The van der Waals surface area contributed by atoms with Gasteiger partial charge in [0, 0.05) is 18.4 Å². The Morgan fingerprint density at radius 3 is 2.77 bits per heavy atom. The molecule has 0 aliphatic heterocycles. The van der Waals surface area contributed by atoms with E-state index in [-0.39, 0.29) is 18.3 Å². The third kappa shape index (κ3) is 5.32. The molecule has 0 bridgehead atoms. The van der Waals surface area contributed by atoms with E-state index in [0.29, 0.717) is 28.3 Å². The van der Waals surface area contributed by atoms with Crippen LogP contribution < -0.4 is 10.1 Å². The maximum absolute atomic E-state index is 13.1. The van der Waals surface area contributed by atoms with Crippen LogP contribution in [0.5, 0.6) is 5.75 Å². The quantitative estimate of drug-likeness (QED) is 0.630. The number of carbonyl (C=O) groups excluding carboxylic acids is 1. The van der Waals surface area contributed by atoms with Crippen LogP contribution in [-0.2, 0) is 17.2 Å². The maximum Gasteiger partial charge on any atom is 0.277 e. The third-order valence-electron chi connectivity index (χ3n) is 3.24. The van der Waals surface area contributed by atoms with Crippen molar-refractivity contribution in [3.8, 4) is 5.75 Å². The standard InChI is InChI=1S/C18H16FN3O3S/c1-12(23)20-15-5-7-16(8-6-15)24-10-17-21-22-18(25-17)26-11-13-3-2-4-14(19)9-13/h2-9H,10-11H2,1H3,(H,20,23). The average Bonchev–Trinajstić information content (AvgIpc) is 3.07. The van der Waals surface area contributed by atoms with Crippen LogP contribution in [0.4, 0.5) is 10.1 Å². The Hall–Kier alpha value is -2.87. The number of amides is 1. The van der Waals surface area contributed by atoms with Crippen LogP contribution in [0.1, 0.15) is 18.4 Å². The zero-order valence-corrected chi connectivity index (χ0v) is 14.8. The van der Waals surface area contributed by atoms with E-state index in [2.05, 4.69) is 15.5 Å². The number of thioether (sulfide) groups is 1. The number of nitrogens with one attached hydrogen (secondary N) is 1. The van der Waals surface area contributed by atoms with Gasteiger partial charge < -0.3 is 14.5 Å². The molecular weight excluding hydrogens is 357 g/mol. The molecule has 1 aromatic heterocycles. The van der Waals surface area contributed by atoms with Gasteiger partial charge in [0.05, 0.1) is 0 Å². The largest absolute Gasteiger partial charge is 0.484 e. The van der Waals surface area contributed by atoms with E-state index in [1.807, 2.05) is 6.07 Å². The first-order chi connectivity index (χ1) is 12.6. The lowest BCUT2D eigenvalue weighted by atomic mass is 10.2. The predicted octanol–water partition coefficient (Wildman–Crippen LogP) is 4.04. The van der Waals surface area contributed by atoms with Crippen molar-refractivity contribution in [1.82, 2.24) is 10.2 Å². The van der Waals surface area contributed by atoms with E-state index in [9.17, 15) is 9.18 Å². The highest BCUT2D eigenvalue weighted by atomic mass is 32.2. The van der Waals surface area contributed by atoms with Crippen LogP contribution in [-0.4, -0.2) is 16.1 Å². The number of anilines is 1. The van der Waals surface area contributed by atoms with Crippen molar-refractivity contribution in [2.45, 2.75) is 24.5 Å². The molecule has 0 aliphatic rings. The second-order valence-electron chi connectivity index (χ2n) is 5.37. The highest BCUT2D eigenvalue weighted by molar-refractivity contribution is 7.98. The number of hydrogen-bond donors (Lipinski definition) is 1. The van der Waals surface area contributed by atoms with E-state index >= 15 is 0 Å². The van der Waals surface area contributed by atoms with Crippen molar-refractivity contribution >= 4 is 23.4 Å². The normalized spacial score (nSPS) is 10.5. The van der Waals surface area contributed by atoms with Gasteiger partial charge in [0.2, 0.25) is 5.91 Å². The van der Waals surface area contributed by atoms with Crippen LogP contribution in [0.15, 0.2) is 58.2 Å². The molecule has 0 radical (unpaired) electrons. The van der Waals surface area contributed by atoms with Crippen LogP contribution in [0, 0.1) is 5.82 Å². The molecule has 134 valence electrons. The molecule has 0 atom stereocenters. The first-order valence-corrected chi connectivity index (χ1v) is 8.77. The molecule has 0 unspecified atom stereocenters. The van der Waals surface area contributed by atoms with Crippen molar-refractivity contribution in [3.63, 3.8) is 0 Å². The van der Waals surface area contributed by atoms with E-state index in [1.165, 1.54) is 30.8 Å². The van der Waals surface area contributed by atoms with Gasteiger partial charge in [-0.25, -0.2) is 4.39 Å². The molecule has 3 aromatic rings. The molecule has 0 saturated heterocycles. The molecular formula is C18H16FN3O3S. The topological polar surface area (TPSA) is 77.2 Å². The molecule has 6 nitrogen and oxygen atoms in total. The van der Waals surface area contributed by atoms with Gasteiger partial charge in [-0.1, -0.05) is 23.9 Å². The minimum atomic E-state index is -0.271. The summed E-state index contributed by atoms with van der Waals surface area (Å²) in [6.45, 7) is 1.58. The second kappa shape index (κ2) is 8.48. The fourth-order valence-electron chi connectivity index (χ4n) is 2.11. The van der Waals surface area contributed by atoms with Gasteiger partial charge in [-0.05, 0) is 42.0 Å². The fraction of sp³-hybridized carbons (Fsp3) is 0.167. The zero-order valence-electron chi connectivity index (χ0n) is 13.9. The van der Waals surface area contributed by atoms with Gasteiger partial charge in [-0.2, -0.15) is 0 Å². The van der Waals surface area contributed by atoms with Gasteiger partial charge >= 0.3 is 0 Å². The summed E-state index contributed by atoms with van der Waals surface area (Å²) in [6.07, 6.45) is 0. The van der Waals surface area contributed by atoms with Crippen molar-refractivity contribution in [3.05, 3.63) is 65.8 Å². The first-order valence-electron chi connectivity index (χ1n) is 7.78. The number of ether oxygens (including phenoxy) is 1. The summed E-state index contributed by atoms with van der Waals surface area (Å²) in [4.78, 5) is 11.0. The number of benzene rings is 2. The lowest BCUT2D eigenvalue weighted by molar-refractivity contribution is -0.114. The molecule has 8 heteroatoms. The zero-order chi connectivity index (χ0) is 18.4. The molecule has 1 heterocycles. The molecule has 3 rings (SSSR count). The minimum absolute atomic E-state index is 0.132. The van der Waals surface area contributed by atoms with Crippen LogP contribution in [0.3, 0.4) is 0 Å². The van der Waals surface area contributed by atoms with Crippen LogP contribution in [0.25, 0.3) is 0 Å². The number of nitrogens with zero attached hydrogens (tertiary/aromatic N) is 2. The summed E-state index contributed by atoms with van der Waals surface area (Å²) in [6, 6.07) is 13.3. The molecule has 26 heavy (non-hydrogen) atoms. The molecule has 0 aliphatic carbocycles.